The van der Waals surface area contributed by atoms with Gasteiger partial charge in [0.05, 0.1) is 7.11 Å². The second kappa shape index (κ2) is 7.14. The third-order valence-corrected chi connectivity index (χ3v) is 4.33. The van der Waals surface area contributed by atoms with Gasteiger partial charge in [0.2, 0.25) is 0 Å². The van der Waals surface area contributed by atoms with Gasteiger partial charge in [-0.2, -0.15) is 0 Å². The molecule has 1 aliphatic heterocycles. The van der Waals surface area contributed by atoms with Crippen LogP contribution in [0.25, 0.3) is 0 Å². The number of amides is 1. The molecule has 2 atom stereocenters. The highest BCUT2D eigenvalue weighted by atomic mass is 35.5. The standard InChI is InChI=1S/C19H20ClNO3/c1-12(9-13-5-3-4-6-16(13)23-2)21-19(22)18-11-14-10-15(20)7-8-17(14)24-18/h3-8,10,12,18H,9,11H2,1-2H3,(H,21,22)/t12-,18+/m1/s1. The molecule has 3 rings (SSSR count). The van der Waals surface area contributed by atoms with E-state index in [2.05, 4.69) is 5.32 Å². The van der Waals surface area contributed by atoms with E-state index >= 15 is 0 Å². The van der Waals surface area contributed by atoms with Crippen molar-refractivity contribution in [2.75, 3.05) is 7.11 Å². The summed E-state index contributed by atoms with van der Waals surface area (Å²) in [4.78, 5) is 12.5. The Morgan fingerprint density at radius 2 is 2.17 bits per heavy atom. The predicted molar refractivity (Wildman–Crippen MR) is 93.9 cm³/mol. The van der Waals surface area contributed by atoms with Gasteiger partial charge in [0.1, 0.15) is 11.5 Å². The molecule has 0 spiro atoms. The Kier molecular flexibility index (Phi) is 4.95. The van der Waals surface area contributed by atoms with E-state index in [1.54, 1.807) is 13.2 Å². The van der Waals surface area contributed by atoms with E-state index in [0.717, 1.165) is 22.6 Å². The zero-order valence-corrected chi connectivity index (χ0v) is 14.5. The van der Waals surface area contributed by atoms with Crippen LogP contribution >= 0.6 is 11.6 Å². The number of para-hydroxylation sites is 1. The van der Waals surface area contributed by atoms with Crippen molar-refractivity contribution in [3.05, 3.63) is 58.6 Å². The van der Waals surface area contributed by atoms with Crippen LogP contribution in [0.5, 0.6) is 11.5 Å². The Morgan fingerprint density at radius 3 is 2.96 bits per heavy atom. The minimum absolute atomic E-state index is 0.0234. The first-order valence-corrected chi connectivity index (χ1v) is 8.32. The second-order valence-electron chi connectivity index (χ2n) is 5.99. The van der Waals surface area contributed by atoms with Gasteiger partial charge in [0.25, 0.3) is 5.91 Å². The SMILES string of the molecule is COc1ccccc1C[C@@H](C)NC(=O)[C@@H]1Cc2cc(Cl)ccc2O1. The first kappa shape index (κ1) is 16.7. The molecular weight excluding hydrogens is 326 g/mol. The molecule has 0 fully saturated rings. The lowest BCUT2D eigenvalue weighted by Crippen LogP contribution is -2.42. The zero-order valence-electron chi connectivity index (χ0n) is 13.7. The Labute approximate surface area is 146 Å². The van der Waals surface area contributed by atoms with Crippen molar-refractivity contribution in [2.24, 2.45) is 0 Å². The molecule has 1 N–H and O–H groups in total. The maximum atomic E-state index is 12.5. The van der Waals surface area contributed by atoms with Gasteiger partial charge in [0, 0.05) is 17.5 Å². The summed E-state index contributed by atoms with van der Waals surface area (Å²) in [5.41, 5.74) is 2.04. The molecule has 0 bridgehead atoms. The highest BCUT2D eigenvalue weighted by Gasteiger charge is 2.29. The van der Waals surface area contributed by atoms with Crippen molar-refractivity contribution in [1.82, 2.24) is 5.32 Å². The molecule has 2 aromatic rings. The third kappa shape index (κ3) is 3.65. The lowest BCUT2D eigenvalue weighted by molar-refractivity contribution is -0.127. The molecule has 0 aliphatic carbocycles. The molecule has 24 heavy (non-hydrogen) atoms. The van der Waals surface area contributed by atoms with E-state index in [0.29, 0.717) is 17.9 Å². The monoisotopic (exact) mass is 345 g/mol. The number of halogens is 1. The van der Waals surface area contributed by atoms with Crippen LogP contribution in [-0.4, -0.2) is 25.2 Å². The van der Waals surface area contributed by atoms with Crippen LogP contribution in [0.2, 0.25) is 5.02 Å². The highest BCUT2D eigenvalue weighted by molar-refractivity contribution is 6.30. The molecule has 5 heteroatoms. The van der Waals surface area contributed by atoms with Gasteiger partial charge in [-0.05, 0) is 48.7 Å². The van der Waals surface area contributed by atoms with Crippen molar-refractivity contribution >= 4 is 17.5 Å². The van der Waals surface area contributed by atoms with Crippen LogP contribution in [0.4, 0.5) is 0 Å². The lowest BCUT2D eigenvalue weighted by Gasteiger charge is -2.18. The average molecular weight is 346 g/mol. The topological polar surface area (TPSA) is 47.6 Å². The smallest absolute Gasteiger partial charge is 0.261 e. The Morgan fingerprint density at radius 1 is 1.38 bits per heavy atom. The molecule has 0 unspecified atom stereocenters. The van der Waals surface area contributed by atoms with Gasteiger partial charge in [-0.15, -0.1) is 0 Å². The molecular formula is C19H20ClNO3. The number of ether oxygens (including phenoxy) is 2. The molecule has 0 saturated heterocycles. The Balaban J connectivity index is 1.59. The number of methoxy groups -OCH3 is 1. The van der Waals surface area contributed by atoms with Crippen LogP contribution in [0, 0.1) is 0 Å². The quantitative estimate of drug-likeness (QED) is 0.903. The molecule has 1 aliphatic rings. The van der Waals surface area contributed by atoms with E-state index in [1.807, 2.05) is 43.3 Å². The van der Waals surface area contributed by atoms with E-state index in [-0.39, 0.29) is 11.9 Å². The normalized spacial score (nSPS) is 16.9. The fourth-order valence-corrected chi connectivity index (χ4v) is 3.15. The van der Waals surface area contributed by atoms with Crippen LogP contribution < -0.4 is 14.8 Å². The fraction of sp³-hybridized carbons (Fsp3) is 0.316. The van der Waals surface area contributed by atoms with E-state index in [1.165, 1.54) is 0 Å². The van der Waals surface area contributed by atoms with E-state index in [9.17, 15) is 4.79 Å². The van der Waals surface area contributed by atoms with E-state index < -0.39 is 6.10 Å². The summed E-state index contributed by atoms with van der Waals surface area (Å²) in [5.74, 6) is 1.46. The van der Waals surface area contributed by atoms with Gasteiger partial charge < -0.3 is 14.8 Å². The van der Waals surface area contributed by atoms with Crippen molar-refractivity contribution in [3.8, 4) is 11.5 Å². The second-order valence-corrected chi connectivity index (χ2v) is 6.42. The largest absolute Gasteiger partial charge is 0.496 e. The molecule has 1 heterocycles. The first-order valence-electron chi connectivity index (χ1n) is 7.94. The summed E-state index contributed by atoms with van der Waals surface area (Å²) in [6, 6.07) is 13.2. The highest BCUT2D eigenvalue weighted by Crippen LogP contribution is 2.31. The van der Waals surface area contributed by atoms with Gasteiger partial charge in [-0.3, -0.25) is 4.79 Å². The van der Waals surface area contributed by atoms with E-state index in [4.69, 9.17) is 21.1 Å². The molecule has 0 aromatic heterocycles. The Hall–Kier alpha value is -2.20. The summed E-state index contributed by atoms with van der Waals surface area (Å²) in [5, 5.41) is 3.67. The van der Waals surface area contributed by atoms with Gasteiger partial charge in [-0.25, -0.2) is 0 Å². The van der Waals surface area contributed by atoms with Gasteiger partial charge in [-0.1, -0.05) is 29.8 Å². The van der Waals surface area contributed by atoms with Crippen molar-refractivity contribution in [2.45, 2.75) is 31.9 Å². The number of hydrogen-bond acceptors (Lipinski definition) is 3. The summed E-state index contributed by atoms with van der Waals surface area (Å²) in [6.07, 6.45) is 0.739. The summed E-state index contributed by atoms with van der Waals surface area (Å²) in [6.45, 7) is 1.98. The van der Waals surface area contributed by atoms with Crippen LogP contribution in [0.15, 0.2) is 42.5 Å². The summed E-state index contributed by atoms with van der Waals surface area (Å²) >= 11 is 5.99. The summed E-state index contributed by atoms with van der Waals surface area (Å²) < 4.78 is 11.1. The number of hydrogen-bond donors (Lipinski definition) is 1. The first-order chi connectivity index (χ1) is 11.6. The minimum Gasteiger partial charge on any atom is -0.496 e. The number of nitrogens with one attached hydrogen (secondary N) is 1. The molecule has 1 amide bonds. The zero-order chi connectivity index (χ0) is 17.1. The number of rotatable bonds is 5. The molecule has 2 aromatic carbocycles. The van der Waals surface area contributed by atoms with Gasteiger partial charge in [0.15, 0.2) is 6.10 Å². The van der Waals surface area contributed by atoms with Crippen LogP contribution in [0.1, 0.15) is 18.1 Å². The molecule has 0 saturated carbocycles. The summed E-state index contributed by atoms with van der Waals surface area (Å²) in [7, 11) is 1.65. The van der Waals surface area contributed by atoms with Gasteiger partial charge >= 0.3 is 0 Å². The number of benzene rings is 2. The number of fused-ring (bicyclic) bond motifs is 1. The molecule has 0 radical (unpaired) electrons. The number of carbonyl (C=O) groups is 1. The predicted octanol–water partition coefficient (Wildman–Crippen LogP) is 3.40. The van der Waals surface area contributed by atoms with Crippen LogP contribution in [0.3, 0.4) is 0 Å². The molecule has 126 valence electrons. The lowest BCUT2D eigenvalue weighted by atomic mass is 10.1. The third-order valence-electron chi connectivity index (χ3n) is 4.10. The minimum atomic E-state index is -0.501. The number of carbonyl (C=O) groups excluding carboxylic acids is 1. The van der Waals surface area contributed by atoms with Crippen molar-refractivity contribution in [1.29, 1.82) is 0 Å². The maximum Gasteiger partial charge on any atom is 0.261 e. The average Bonchev–Trinajstić information content (AvgIpc) is 2.98. The van der Waals surface area contributed by atoms with Crippen molar-refractivity contribution < 1.29 is 14.3 Å². The van der Waals surface area contributed by atoms with Crippen LogP contribution in [-0.2, 0) is 17.6 Å². The molecule has 4 nitrogen and oxygen atoms in total. The Bertz CT molecular complexity index is 747. The fourth-order valence-electron chi connectivity index (χ4n) is 2.95. The maximum absolute atomic E-state index is 12.5. The van der Waals surface area contributed by atoms with Crippen molar-refractivity contribution in [3.63, 3.8) is 0 Å².